The van der Waals surface area contributed by atoms with Gasteiger partial charge in [-0.3, -0.25) is 9.78 Å². The molecule has 0 spiro atoms. The van der Waals surface area contributed by atoms with Gasteiger partial charge in [0.15, 0.2) is 0 Å². The molecule has 29 heavy (non-hydrogen) atoms. The van der Waals surface area contributed by atoms with Crippen LogP contribution in [0.3, 0.4) is 0 Å². The van der Waals surface area contributed by atoms with Crippen LogP contribution in [0.5, 0.6) is 5.75 Å². The molecule has 0 saturated heterocycles. The fourth-order valence-corrected chi connectivity index (χ4v) is 3.53. The second-order valence-electron chi connectivity index (χ2n) is 6.98. The van der Waals surface area contributed by atoms with E-state index in [9.17, 15) is 4.79 Å². The van der Waals surface area contributed by atoms with E-state index < -0.39 is 0 Å². The first-order valence-electron chi connectivity index (χ1n) is 9.48. The number of pyridine rings is 1. The maximum atomic E-state index is 13.0. The van der Waals surface area contributed by atoms with Gasteiger partial charge in [-0.2, -0.15) is 0 Å². The SMILES string of the molecule is O=c1c2cc3ccc(OCc4ccccc4)cc3n2ccn1Cc1ccncc1. The Bertz CT molecular complexity index is 1340. The van der Waals surface area contributed by atoms with Gasteiger partial charge in [0.2, 0.25) is 0 Å². The van der Waals surface area contributed by atoms with Gasteiger partial charge in [-0.05, 0) is 41.5 Å². The van der Waals surface area contributed by atoms with Crippen LogP contribution in [0.25, 0.3) is 16.4 Å². The lowest BCUT2D eigenvalue weighted by atomic mass is 10.2. The first kappa shape index (κ1) is 17.3. The first-order chi connectivity index (χ1) is 14.3. The van der Waals surface area contributed by atoms with Gasteiger partial charge < -0.3 is 13.7 Å². The summed E-state index contributed by atoms with van der Waals surface area (Å²) in [7, 11) is 0. The van der Waals surface area contributed by atoms with E-state index in [0.29, 0.717) is 18.7 Å². The van der Waals surface area contributed by atoms with Gasteiger partial charge in [0.25, 0.3) is 5.56 Å². The van der Waals surface area contributed by atoms with Gasteiger partial charge in [-0.25, -0.2) is 0 Å². The van der Waals surface area contributed by atoms with Crippen LogP contribution in [0.15, 0.2) is 96.3 Å². The van der Waals surface area contributed by atoms with E-state index in [-0.39, 0.29) is 5.56 Å². The molecule has 3 heterocycles. The number of aromatic nitrogens is 3. The lowest BCUT2D eigenvalue weighted by Gasteiger charge is -2.08. The van der Waals surface area contributed by atoms with Crippen molar-refractivity contribution < 1.29 is 4.74 Å². The van der Waals surface area contributed by atoms with Crippen LogP contribution in [-0.2, 0) is 13.2 Å². The van der Waals surface area contributed by atoms with Crippen molar-refractivity contribution >= 4 is 16.4 Å². The van der Waals surface area contributed by atoms with Crippen LogP contribution in [0, 0.1) is 0 Å². The van der Waals surface area contributed by atoms with Crippen LogP contribution in [-0.4, -0.2) is 14.0 Å². The van der Waals surface area contributed by atoms with Crippen LogP contribution in [0.4, 0.5) is 0 Å². The molecule has 5 heteroatoms. The number of nitrogens with zero attached hydrogens (tertiary/aromatic N) is 3. The maximum Gasteiger partial charge on any atom is 0.275 e. The molecule has 5 rings (SSSR count). The molecule has 0 unspecified atom stereocenters. The highest BCUT2D eigenvalue weighted by atomic mass is 16.5. The molecule has 0 radical (unpaired) electrons. The smallest absolute Gasteiger partial charge is 0.275 e. The number of rotatable bonds is 5. The molecule has 5 aromatic rings. The molecule has 142 valence electrons. The molecule has 0 N–H and O–H groups in total. The molecule has 3 aromatic heterocycles. The van der Waals surface area contributed by atoms with E-state index >= 15 is 0 Å². The summed E-state index contributed by atoms with van der Waals surface area (Å²) in [6.07, 6.45) is 7.23. The van der Waals surface area contributed by atoms with Gasteiger partial charge in [-0.1, -0.05) is 30.3 Å². The summed E-state index contributed by atoms with van der Waals surface area (Å²) in [5.74, 6) is 0.780. The lowest BCUT2D eigenvalue weighted by molar-refractivity contribution is 0.306. The Morgan fingerprint density at radius 2 is 1.66 bits per heavy atom. The molecule has 2 aromatic carbocycles. The van der Waals surface area contributed by atoms with Crippen molar-refractivity contribution in [2.75, 3.05) is 0 Å². The summed E-state index contributed by atoms with van der Waals surface area (Å²) >= 11 is 0. The molecule has 5 nitrogen and oxygen atoms in total. The van der Waals surface area contributed by atoms with E-state index in [1.807, 2.05) is 83.5 Å². The molecular formula is C24H19N3O2. The molecule has 0 fully saturated rings. The fraction of sp³-hybridized carbons (Fsp3) is 0.0833. The zero-order chi connectivity index (χ0) is 19.6. The van der Waals surface area contributed by atoms with E-state index in [0.717, 1.165) is 27.8 Å². The molecule has 0 aliphatic carbocycles. The third-order valence-corrected chi connectivity index (χ3v) is 5.04. The predicted molar refractivity (Wildman–Crippen MR) is 113 cm³/mol. The van der Waals surface area contributed by atoms with Crippen molar-refractivity contribution in [3.63, 3.8) is 0 Å². The number of hydrogen-bond acceptors (Lipinski definition) is 3. The summed E-state index contributed by atoms with van der Waals surface area (Å²) in [6, 6.07) is 21.8. The Balaban J connectivity index is 1.49. The zero-order valence-corrected chi connectivity index (χ0v) is 15.7. The maximum absolute atomic E-state index is 13.0. The van der Waals surface area contributed by atoms with E-state index in [4.69, 9.17) is 4.74 Å². The van der Waals surface area contributed by atoms with Crippen LogP contribution in [0.1, 0.15) is 11.1 Å². The molecule has 0 bridgehead atoms. The summed E-state index contributed by atoms with van der Waals surface area (Å²) in [4.78, 5) is 17.0. The highest BCUT2D eigenvalue weighted by molar-refractivity contribution is 5.87. The van der Waals surface area contributed by atoms with Crippen LogP contribution < -0.4 is 10.3 Å². The Morgan fingerprint density at radius 3 is 2.48 bits per heavy atom. The quantitative estimate of drug-likeness (QED) is 0.457. The zero-order valence-electron chi connectivity index (χ0n) is 15.7. The average molecular weight is 381 g/mol. The Kier molecular flexibility index (Phi) is 4.33. The van der Waals surface area contributed by atoms with Crippen molar-refractivity contribution in [1.29, 1.82) is 0 Å². The van der Waals surface area contributed by atoms with Crippen molar-refractivity contribution in [1.82, 2.24) is 14.0 Å². The number of ether oxygens (including phenoxy) is 1. The normalized spacial score (nSPS) is 11.2. The summed E-state index contributed by atoms with van der Waals surface area (Å²) in [5.41, 5.74) is 3.74. The van der Waals surface area contributed by atoms with Gasteiger partial charge >= 0.3 is 0 Å². The van der Waals surface area contributed by atoms with E-state index in [1.54, 1.807) is 17.0 Å². The minimum atomic E-state index is -0.0210. The monoisotopic (exact) mass is 381 g/mol. The highest BCUT2D eigenvalue weighted by Gasteiger charge is 2.09. The highest BCUT2D eigenvalue weighted by Crippen LogP contribution is 2.24. The summed E-state index contributed by atoms with van der Waals surface area (Å²) in [5, 5.41) is 1.01. The van der Waals surface area contributed by atoms with Gasteiger partial charge in [0, 0.05) is 36.2 Å². The largest absolute Gasteiger partial charge is 0.489 e. The first-order valence-corrected chi connectivity index (χ1v) is 9.48. The van der Waals surface area contributed by atoms with Crippen LogP contribution >= 0.6 is 0 Å². The Hall–Kier alpha value is -3.86. The second kappa shape index (κ2) is 7.28. The third-order valence-electron chi connectivity index (χ3n) is 5.04. The third kappa shape index (κ3) is 3.38. The topological polar surface area (TPSA) is 48.5 Å². The fourth-order valence-electron chi connectivity index (χ4n) is 3.53. The summed E-state index contributed by atoms with van der Waals surface area (Å²) < 4.78 is 9.59. The van der Waals surface area contributed by atoms with Crippen LogP contribution in [0.2, 0.25) is 0 Å². The van der Waals surface area contributed by atoms with Gasteiger partial charge in [0.05, 0.1) is 12.1 Å². The minimum Gasteiger partial charge on any atom is -0.489 e. The van der Waals surface area contributed by atoms with Crippen molar-refractivity contribution in [3.8, 4) is 5.75 Å². The van der Waals surface area contributed by atoms with E-state index in [2.05, 4.69) is 4.98 Å². The Morgan fingerprint density at radius 1 is 0.828 bits per heavy atom. The Labute approximate surface area is 167 Å². The van der Waals surface area contributed by atoms with Gasteiger partial charge in [-0.15, -0.1) is 0 Å². The summed E-state index contributed by atoms with van der Waals surface area (Å²) in [6.45, 7) is 1.03. The number of fused-ring (bicyclic) bond motifs is 3. The van der Waals surface area contributed by atoms with Crippen molar-refractivity contribution in [3.05, 3.63) is 113 Å². The standard InChI is InChI=1S/C24H19N3O2/c28-24-23-14-20-6-7-21(29-17-19-4-2-1-3-5-19)15-22(20)27(23)13-12-26(24)16-18-8-10-25-11-9-18/h1-15H,16-17H2. The average Bonchev–Trinajstić information content (AvgIpc) is 3.14. The van der Waals surface area contributed by atoms with Crippen molar-refractivity contribution in [2.24, 2.45) is 0 Å². The molecule has 0 amide bonds. The molecule has 0 aliphatic rings. The minimum absolute atomic E-state index is 0.0210. The predicted octanol–water partition coefficient (Wildman–Crippen LogP) is 4.28. The second-order valence-corrected chi connectivity index (χ2v) is 6.98. The molecular weight excluding hydrogens is 362 g/mol. The van der Waals surface area contributed by atoms with E-state index in [1.165, 1.54) is 0 Å². The lowest BCUT2D eigenvalue weighted by Crippen LogP contribution is -2.21. The van der Waals surface area contributed by atoms with Gasteiger partial charge in [0.1, 0.15) is 17.9 Å². The molecule has 0 aliphatic heterocycles. The molecule has 0 atom stereocenters. The number of hydrogen-bond donors (Lipinski definition) is 0. The number of benzene rings is 2. The molecule has 0 saturated carbocycles. The van der Waals surface area contributed by atoms with Crippen molar-refractivity contribution in [2.45, 2.75) is 13.2 Å².